The molecule has 1 heterocycles. The average Bonchev–Trinajstić information content (AvgIpc) is 2.15. The van der Waals surface area contributed by atoms with Crippen LogP contribution in [0.1, 0.15) is 39.3 Å². The normalized spacial score (nSPS) is 13.4. The van der Waals surface area contributed by atoms with E-state index in [0.29, 0.717) is 5.69 Å². The fraction of sp³-hybridized carbons (Fsp3) is 0.545. The lowest BCUT2D eigenvalue weighted by atomic mass is 9.79. The fourth-order valence-electron chi connectivity index (χ4n) is 1.16. The predicted molar refractivity (Wildman–Crippen MR) is 56.2 cm³/mol. The summed E-state index contributed by atoms with van der Waals surface area (Å²) in [4.78, 5) is 11.5. The minimum atomic E-state index is 0.119. The Kier molecular flexibility index (Phi) is 2.85. The molecule has 1 atom stereocenters. The van der Waals surface area contributed by atoms with Gasteiger partial charge in [0.2, 0.25) is 5.69 Å². The second-order valence-corrected chi connectivity index (χ2v) is 4.49. The lowest BCUT2D eigenvalue weighted by Gasteiger charge is -2.27. The van der Waals surface area contributed by atoms with E-state index in [2.05, 4.69) is 42.5 Å². The zero-order chi connectivity index (χ0) is 10.8. The van der Waals surface area contributed by atoms with Crippen LogP contribution in [0.2, 0.25) is 0 Å². The number of nitrogens with zero attached hydrogens (tertiary/aromatic N) is 3. The van der Waals surface area contributed by atoms with E-state index in [-0.39, 0.29) is 11.3 Å². The average molecular weight is 189 g/mol. The quantitative estimate of drug-likeness (QED) is 0.635. The molecule has 0 aromatic carbocycles. The highest BCUT2D eigenvalue weighted by atomic mass is 14.9. The predicted octanol–water partition coefficient (Wildman–Crippen LogP) is 3.18. The molecule has 1 unspecified atom stereocenters. The van der Waals surface area contributed by atoms with E-state index in [1.807, 2.05) is 0 Å². The van der Waals surface area contributed by atoms with Gasteiger partial charge in [-0.25, -0.2) is 4.85 Å². The van der Waals surface area contributed by atoms with Gasteiger partial charge in [-0.2, -0.15) is 0 Å². The molecule has 1 aromatic rings. The number of hydrogen-bond donors (Lipinski definition) is 0. The third-order valence-electron chi connectivity index (χ3n) is 2.55. The molecule has 0 aliphatic heterocycles. The lowest BCUT2D eigenvalue weighted by molar-refractivity contribution is 0.335. The van der Waals surface area contributed by atoms with Crippen molar-refractivity contribution in [2.24, 2.45) is 5.41 Å². The molecule has 3 heteroatoms. The number of rotatable bonds is 1. The van der Waals surface area contributed by atoms with E-state index < -0.39 is 0 Å². The largest absolute Gasteiger partial charge is 0.256 e. The van der Waals surface area contributed by atoms with Crippen molar-refractivity contribution in [3.63, 3.8) is 0 Å². The summed E-state index contributed by atoms with van der Waals surface area (Å²) in [6.45, 7) is 15.6. The zero-order valence-electron chi connectivity index (χ0n) is 9.07. The maximum atomic E-state index is 7.03. The van der Waals surface area contributed by atoms with E-state index in [1.54, 1.807) is 6.20 Å². The molecule has 0 bridgehead atoms. The van der Waals surface area contributed by atoms with Crippen LogP contribution < -0.4 is 0 Å². The summed E-state index contributed by atoms with van der Waals surface area (Å²) in [5, 5.41) is 0. The molecule has 0 aliphatic carbocycles. The van der Waals surface area contributed by atoms with Gasteiger partial charge in [-0.15, -0.1) is 0 Å². The van der Waals surface area contributed by atoms with Gasteiger partial charge in [0.15, 0.2) is 0 Å². The Balaban J connectivity index is 3.14. The van der Waals surface area contributed by atoms with Crippen molar-refractivity contribution < 1.29 is 0 Å². The van der Waals surface area contributed by atoms with Gasteiger partial charge in [-0.1, -0.05) is 27.7 Å². The summed E-state index contributed by atoms with van der Waals surface area (Å²) < 4.78 is 0. The topological polar surface area (TPSA) is 30.1 Å². The van der Waals surface area contributed by atoms with Crippen molar-refractivity contribution in [1.82, 2.24) is 9.97 Å². The summed E-state index contributed by atoms with van der Waals surface area (Å²) in [5.41, 5.74) is 1.53. The molecule has 74 valence electrons. The Morgan fingerprint density at radius 2 is 2.07 bits per heavy atom. The molecule has 0 N–H and O–H groups in total. The summed E-state index contributed by atoms with van der Waals surface area (Å²) in [5.74, 6) is 0.259. The fourth-order valence-corrected chi connectivity index (χ4v) is 1.16. The first kappa shape index (κ1) is 10.6. The zero-order valence-corrected chi connectivity index (χ0v) is 9.07. The van der Waals surface area contributed by atoms with Crippen LogP contribution >= 0.6 is 0 Å². The SMILES string of the molecule is [C-]#[N+]c1cncnc1C(C)C(C)(C)C. The number of aromatic nitrogens is 2. The van der Waals surface area contributed by atoms with E-state index in [4.69, 9.17) is 6.57 Å². The van der Waals surface area contributed by atoms with Crippen LogP contribution in [0.3, 0.4) is 0 Å². The summed E-state index contributed by atoms with van der Waals surface area (Å²) in [6, 6.07) is 0. The van der Waals surface area contributed by atoms with Gasteiger partial charge in [0.05, 0.1) is 12.3 Å². The standard InChI is InChI=1S/C11H15N3/c1-8(11(2,3)4)10-9(12-5)6-13-7-14-10/h6-8H,1-4H3. The highest BCUT2D eigenvalue weighted by Crippen LogP contribution is 2.37. The second kappa shape index (κ2) is 3.75. The first-order chi connectivity index (χ1) is 6.46. The van der Waals surface area contributed by atoms with Crippen LogP contribution in [-0.4, -0.2) is 9.97 Å². The third-order valence-corrected chi connectivity index (χ3v) is 2.55. The van der Waals surface area contributed by atoms with Crippen molar-refractivity contribution in [2.45, 2.75) is 33.6 Å². The van der Waals surface area contributed by atoms with E-state index in [0.717, 1.165) is 5.69 Å². The Morgan fingerprint density at radius 3 is 2.57 bits per heavy atom. The molecule has 0 spiro atoms. The molecular weight excluding hydrogens is 174 g/mol. The molecule has 1 rings (SSSR count). The number of hydrogen-bond acceptors (Lipinski definition) is 2. The first-order valence-corrected chi connectivity index (χ1v) is 4.64. The minimum Gasteiger partial charge on any atom is -0.256 e. The highest BCUT2D eigenvalue weighted by molar-refractivity contribution is 5.48. The molecule has 14 heavy (non-hydrogen) atoms. The van der Waals surface area contributed by atoms with Crippen LogP contribution in [0, 0.1) is 12.0 Å². The molecule has 0 fully saturated rings. The van der Waals surface area contributed by atoms with Gasteiger partial charge in [0, 0.05) is 6.20 Å². The van der Waals surface area contributed by atoms with Crippen LogP contribution in [0.5, 0.6) is 0 Å². The van der Waals surface area contributed by atoms with E-state index in [1.165, 1.54) is 6.33 Å². The Labute approximate surface area is 85.0 Å². The van der Waals surface area contributed by atoms with Gasteiger partial charge in [-0.3, -0.25) is 9.97 Å². The molecule has 0 saturated carbocycles. The van der Waals surface area contributed by atoms with Crippen molar-refractivity contribution in [3.05, 3.63) is 29.6 Å². The monoisotopic (exact) mass is 189 g/mol. The van der Waals surface area contributed by atoms with E-state index in [9.17, 15) is 0 Å². The van der Waals surface area contributed by atoms with Crippen LogP contribution in [0.25, 0.3) is 4.85 Å². The molecule has 3 nitrogen and oxygen atoms in total. The van der Waals surface area contributed by atoms with Crippen molar-refractivity contribution in [2.75, 3.05) is 0 Å². The molecule has 0 amide bonds. The Morgan fingerprint density at radius 1 is 1.43 bits per heavy atom. The van der Waals surface area contributed by atoms with Crippen LogP contribution in [-0.2, 0) is 0 Å². The van der Waals surface area contributed by atoms with E-state index >= 15 is 0 Å². The molecule has 0 radical (unpaired) electrons. The van der Waals surface area contributed by atoms with Crippen molar-refractivity contribution >= 4 is 5.69 Å². The highest BCUT2D eigenvalue weighted by Gasteiger charge is 2.24. The molecule has 0 aliphatic rings. The maximum Gasteiger partial charge on any atom is 0.226 e. The van der Waals surface area contributed by atoms with Gasteiger partial charge in [0.1, 0.15) is 6.33 Å². The third kappa shape index (κ3) is 2.08. The van der Waals surface area contributed by atoms with Gasteiger partial charge >= 0.3 is 0 Å². The smallest absolute Gasteiger partial charge is 0.226 e. The second-order valence-electron chi connectivity index (χ2n) is 4.49. The van der Waals surface area contributed by atoms with Gasteiger partial charge in [-0.05, 0) is 11.3 Å². The van der Waals surface area contributed by atoms with Crippen molar-refractivity contribution in [3.8, 4) is 0 Å². The summed E-state index contributed by atoms with van der Waals surface area (Å²) in [7, 11) is 0. The maximum absolute atomic E-state index is 7.03. The van der Waals surface area contributed by atoms with Gasteiger partial charge in [0.25, 0.3) is 0 Å². The van der Waals surface area contributed by atoms with Crippen LogP contribution in [0.15, 0.2) is 12.5 Å². The summed E-state index contributed by atoms with van der Waals surface area (Å²) >= 11 is 0. The minimum absolute atomic E-state index is 0.119. The van der Waals surface area contributed by atoms with Crippen LogP contribution in [0.4, 0.5) is 5.69 Å². The molecular formula is C11H15N3. The Hall–Kier alpha value is -1.43. The van der Waals surface area contributed by atoms with Gasteiger partial charge < -0.3 is 0 Å². The lowest BCUT2D eigenvalue weighted by Crippen LogP contribution is -2.16. The molecule has 0 saturated heterocycles. The molecule has 1 aromatic heterocycles. The summed E-state index contributed by atoms with van der Waals surface area (Å²) in [6.07, 6.45) is 3.09. The van der Waals surface area contributed by atoms with Crippen molar-refractivity contribution in [1.29, 1.82) is 0 Å². The first-order valence-electron chi connectivity index (χ1n) is 4.64. The Bertz CT molecular complexity index is 358.